The quantitative estimate of drug-likeness (QED) is 0.817. The SMILES string of the molecule is CC(C)(C)OC(=O)NC1CCNC(C2CCCCC2)C1. The second-order valence-electron chi connectivity index (χ2n) is 7.33. The lowest BCUT2D eigenvalue weighted by Gasteiger charge is -2.37. The molecule has 0 aromatic heterocycles. The Bertz CT molecular complexity index is 319. The van der Waals surface area contributed by atoms with Gasteiger partial charge in [0, 0.05) is 12.1 Å². The fraction of sp³-hybridized carbons (Fsp3) is 0.938. The molecule has 1 aliphatic heterocycles. The highest BCUT2D eigenvalue weighted by molar-refractivity contribution is 5.68. The summed E-state index contributed by atoms with van der Waals surface area (Å²) in [6, 6.07) is 0.835. The molecule has 4 heteroatoms. The van der Waals surface area contributed by atoms with Crippen LogP contribution in [0.5, 0.6) is 0 Å². The molecule has 1 amide bonds. The summed E-state index contributed by atoms with van der Waals surface area (Å²) in [4.78, 5) is 11.9. The third kappa shape index (κ3) is 4.97. The van der Waals surface area contributed by atoms with E-state index in [1.54, 1.807) is 0 Å². The van der Waals surface area contributed by atoms with Crippen LogP contribution in [0.25, 0.3) is 0 Å². The maximum Gasteiger partial charge on any atom is 0.407 e. The number of alkyl carbamates (subject to hydrolysis) is 1. The molecule has 0 bridgehead atoms. The lowest BCUT2D eigenvalue weighted by molar-refractivity contribution is 0.0483. The number of amides is 1. The van der Waals surface area contributed by atoms with Gasteiger partial charge in [0.15, 0.2) is 0 Å². The van der Waals surface area contributed by atoms with Crippen LogP contribution in [0.2, 0.25) is 0 Å². The molecule has 2 N–H and O–H groups in total. The van der Waals surface area contributed by atoms with Crippen LogP contribution in [0.3, 0.4) is 0 Å². The van der Waals surface area contributed by atoms with Gasteiger partial charge < -0.3 is 15.4 Å². The number of rotatable bonds is 2. The summed E-state index contributed by atoms with van der Waals surface area (Å²) in [5.41, 5.74) is -0.417. The van der Waals surface area contributed by atoms with Gasteiger partial charge in [0.2, 0.25) is 0 Å². The highest BCUT2D eigenvalue weighted by Crippen LogP contribution is 2.29. The van der Waals surface area contributed by atoms with E-state index in [2.05, 4.69) is 10.6 Å². The minimum atomic E-state index is -0.417. The topological polar surface area (TPSA) is 50.4 Å². The van der Waals surface area contributed by atoms with Crippen LogP contribution in [0.15, 0.2) is 0 Å². The number of carbonyl (C=O) groups is 1. The van der Waals surface area contributed by atoms with Crippen LogP contribution >= 0.6 is 0 Å². The highest BCUT2D eigenvalue weighted by atomic mass is 16.6. The minimum absolute atomic E-state index is 0.262. The molecule has 2 aliphatic rings. The summed E-state index contributed by atoms with van der Waals surface area (Å²) >= 11 is 0. The molecule has 1 aliphatic carbocycles. The molecule has 2 fully saturated rings. The Hall–Kier alpha value is -0.770. The average molecular weight is 282 g/mol. The van der Waals surface area contributed by atoms with Gasteiger partial charge in [-0.25, -0.2) is 4.79 Å². The fourth-order valence-electron chi connectivity index (χ4n) is 3.45. The summed E-state index contributed by atoms with van der Waals surface area (Å²) < 4.78 is 5.35. The van der Waals surface area contributed by atoms with Gasteiger partial charge in [-0.3, -0.25) is 0 Å². The van der Waals surface area contributed by atoms with Gasteiger partial charge in [0.1, 0.15) is 5.60 Å². The number of ether oxygens (including phenoxy) is 1. The molecule has 0 spiro atoms. The minimum Gasteiger partial charge on any atom is -0.444 e. The molecular weight excluding hydrogens is 252 g/mol. The number of carbonyl (C=O) groups excluding carboxylic acids is 1. The van der Waals surface area contributed by atoms with Crippen LogP contribution in [0.4, 0.5) is 4.79 Å². The maximum absolute atomic E-state index is 11.9. The number of hydrogen-bond donors (Lipinski definition) is 2. The Morgan fingerprint density at radius 2 is 1.85 bits per heavy atom. The standard InChI is InChI=1S/C16H30N2O2/c1-16(2,3)20-15(19)18-13-9-10-17-14(11-13)12-7-5-4-6-8-12/h12-14,17H,4-11H2,1-3H3,(H,18,19). The van der Waals surface area contributed by atoms with Crippen molar-refractivity contribution in [3.63, 3.8) is 0 Å². The van der Waals surface area contributed by atoms with Gasteiger partial charge >= 0.3 is 6.09 Å². The molecule has 1 saturated carbocycles. The first-order chi connectivity index (χ1) is 9.44. The van der Waals surface area contributed by atoms with Crippen LogP contribution < -0.4 is 10.6 Å². The number of hydrogen-bond acceptors (Lipinski definition) is 3. The van der Waals surface area contributed by atoms with E-state index in [9.17, 15) is 4.79 Å². The molecule has 2 rings (SSSR count). The normalized spacial score (nSPS) is 28.9. The van der Waals surface area contributed by atoms with Crippen molar-refractivity contribution in [1.29, 1.82) is 0 Å². The first-order valence-corrected chi connectivity index (χ1v) is 8.17. The number of nitrogens with one attached hydrogen (secondary N) is 2. The van der Waals surface area contributed by atoms with Gasteiger partial charge in [-0.05, 0) is 58.9 Å². The van der Waals surface area contributed by atoms with E-state index in [1.807, 2.05) is 20.8 Å². The Labute approximate surface area is 123 Å². The predicted molar refractivity (Wildman–Crippen MR) is 80.8 cm³/mol. The van der Waals surface area contributed by atoms with Crippen molar-refractivity contribution in [2.45, 2.75) is 83.4 Å². The van der Waals surface area contributed by atoms with Crippen molar-refractivity contribution < 1.29 is 9.53 Å². The van der Waals surface area contributed by atoms with E-state index in [0.717, 1.165) is 25.3 Å². The lowest BCUT2D eigenvalue weighted by atomic mass is 9.80. The third-order valence-corrected chi connectivity index (χ3v) is 4.38. The summed E-state index contributed by atoms with van der Waals surface area (Å²) in [6.45, 7) is 6.71. The summed E-state index contributed by atoms with van der Waals surface area (Å²) in [5.74, 6) is 0.798. The molecule has 0 radical (unpaired) electrons. The Morgan fingerprint density at radius 1 is 1.15 bits per heavy atom. The van der Waals surface area contributed by atoms with E-state index in [0.29, 0.717) is 6.04 Å². The van der Waals surface area contributed by atoms with Gasteiger partial charge in [-0.15, -0.1) is 0 Å². The zero-order chi connectivity index (χ0) is 14.6. The van der Waals surface area contributed by atoms with E-state index >= 15 is 0 Å². The molecule has 1 saturated heterocycles. The van der Waals surface area contributed by atoms with Gasteiger partial charge in [0.25, 0.3) is 0 Å². The zero-order valence-electron chi connectivity index (χ0n) is 13.2. The molecule has 4 nitrogen and oxygen atoms in total. The van der Waals surface area contributed by atoms with Crippen molar-refractivity contribution in [2.24, 2.45) is 5.92 Å². The highest BCUT2D eigenvalue weighted by Gasteiger charge is 2.30. The second kappa shape index (κ2) is 6.79. The Balaban J connectivity index is 1.79. The van der Waals surface area contributed by atoms with Crippen molar-refractivity contribution in [3.8, 4) is 0 Å². The molecule has 20 heavy (non-hydrogen) atoms. The number of piperidine rings is 1. The summed E-state index contributed by atoms with van der Waals surface area (Å²) in [7, 11) is 0. The van der Waals surface area contributed by atoms with Crippen LogP contribution in [-0.2, 0) is 4.74 Å². The second-order valence-corrected chi connectivity index (χ2v) is 7.33. The predicted octanol–water partition coefficient (Wildman–Crippen LogP) is 3.21. The first-order valence-electron chi connectivity index (χ1n) is 8.17. The Kier molecular flexibility index (Phi) is 5.30. The molecule has 2 unspecified atom stereocenters. The molecule has 0 aromatic carbocycles. The van der Waals surface area contributed by atoms with Crippen molar-refractivity contribution >= 4 is 6.09 Å². The van der Waals surface area contributed by atoms with E-state index in [1.165, 1.54) is 32.1 Å². The van der Waals surface area contributed by atoms with Crippen molar-refractivity contribution in [3.05, 3.63) is 0 Å². The Morgan fingerprint density at radius 3 is 2.50 bits per heavy atom. The monoisotopic (exact) mass is 282 g/mol. The summed E-state index contributed by atoms with van der Waals surface area (Å²) in [5, 5.41) is 6.69. The van der Waals surface area contributed by atoms with Gasteiger partial charge in [-0.1, -0.05) is 19.3 Å². The molecule has 1 heterocycles. The van der Waals surface area contributed by atoms with Crippen molar-refractivity contribution in [2.75, 3.05) is 6.54 Å². The molecule has 116 valence electrons. The van der Waals surface area contributed by atoms with Crippen LogP contribution in [0, 0.1) is 5.92 Å². The van der Waals surface area contributed by atoms with Crippen molar-refractivity contribution in [1.82, 2.24) is 10.6 Å². The van der Waals surface area contributed by atoms with E-state index in [-0.39, 0.29) is 12.1 Å². The maximum atomic E-state index is 11.9. The summed E-state index contributed by atoms with van der Waals surface area (Å²) in [6.07, 6.45) is 8.59. The smallest absolute Gasteiger partial charge is 0.407 e. The molecule has 2 atom stereocenters. The molecule has 0 aromatic rings. The van der Waals surface area contributed by atoms with Crippen LogP contribution in [0.1, 0.15) is 65.7 Å². The van der Waals surface area contributed by atoms with Gasteiger partial charge in [-0.2, -0.15) is 0 Å². The zero-order valence-corrected chi connectivity index (χ0v) is 13.2. The van der Waals surface area contributed by atoms with Crippen LogP contribution in [-0.4, -0.2) is 30.3 Å². The average Bonchev–Trinajstić information content (AvgIpc) is 2.38. The largest absolute Gasteiger partial charge is 0.444 e. The van der Waals surface area contributed by atoms with Gasteiger partial charge in [0.05, 0.1) is 0 Å². The third-order valence-electron chi connectivity index (χ3n) is 4.38. The van der Waals surface area contributed by atoms with E-state index in [4.69, 9.17) is 4.74 Å². The lowest BCUT2D eigenvalue weighted by Crippen LogP contribution is -2.51. The first kappa shape index (κ1) is 15.6. The fourth-order valence-corrected chi connectivity index (χ4v) is 3.45. The van der Waals surface area contributed by atoms with E-state index < -0.39 is 5.60 Å². The molecular formula is C16H30N2O2.